The standard InChI is InChI=1S/C22H34N4O3/c27-21(18-11-7-14-23-18)26-19(22(28)29)10-5-3-1-2-4-9-17-13-12-16-8-6-15-24-20(16)25-17/h12-13,18-19,23H,1-11,14-15H2,(H,24,25)(H,26,27)(H,28,29)/t18-,19?/m0/s1. The maximum atomic E-state index is 12.1. The number of fused-ring (bicyclic) bond motifs is 1. The van der Waals surface area contributed by atoms with Gasteiger partial charge in [-0.05, 0) is 63.1 Å². The number of unbranched alkanes of at least 4 members (excludes halogenated alkanes) is 4. The molecule has 0 aromatic carbocycles. The second kappa shape index (κ2) is 11.1. The molecule has 0 aliphatic carbocycles. The van der Waals surface area contributed by atoms with E-state index in [-0.39, 0.29) is 11.9 Å². The smallest absolute Gasteiger partial charge is 0.326 e. The zero-order valence-corrected chi connectivity index (χ0v) is 17.2. The molecule has 0 bridgehead atoms. The van der Waals surface area contributed by atoms with Crippen LogP contribution in [0.1, 0.15) is 69.0 Å². The fourth-order valence-corrected chi connectivity index (χ4v) is 4.13. The number of hydrogen-bond donors (Lipinski definition) is 4. The number of hydrogen-bond acceptors (Lipinski definition) is 5. The van der Waals surface area contributed by atoms with Gasteiger partial charge in [-0.2, -0.15) is 0 Å². The minimum atomic E-state index is -0.941. The molecule has 0 saturated carbocycles. The van der Waals surface area contributed by atoms with Crippen LogP contribution in [0.5, 0.6) is 0 Å². The first kappa shape index (κ1) is 21.6. The Morgan fingerprint density at radius 3 is 2.76 bits per heavy atom. The minimum absolute atomic E-state index is 0.179. The maximum Gasteiger partial charge on any atom is 0.326 e. The number of pyridine rings is 1. The topological polar surface area (TPSA) is 103 Å². The number of carbonyl (C=O) groups is 2. The van der Waals surface area contributed by atoms with Crippen LogP contribution in [0, 0.1) is 0 Å². The van der Waals surface area contributed by atoms with Crippen molar-refractivity contribution in [2.75, 3.05) is 18.4 Å². The van der Waals surface area contributed by atoms with Crippen LogP contribution in [0.25, 0.3) is 0 Å². The molecule has 2 aliphatic heterocycles. The number of amides is 1. The largest absolute Gasteiger partial charge is 0.480 e. The number of aromatic nitrogens is 1. The van der Waals surface area contributed by atoms with E-state index in [1.807, 2.05) is 0 Å². The van der Waals surface area contributed by atoms with Crippen LogP contribution in [-0.2, 0) is 22.4 Å². The molecular formula is C22H34N4O3. The quantitative estimate of drug-likeness (QED) is 0.424. The Morgan fingerprint density at radius 2 is 1.97 bits per heavy atom. The number of carboxylic acid groups (broad SMARTS) is 1. The van der Waals surface area contributed by atoms with Gasteiger partial charge in [-0.3, -0.25) is 4.79 Å². The molecule has 1 fully saturated rings. The molecule has 1 aromatic rings. The summed E-state index contributed by atoms with van der Waals surface area (Å²) in [6, 6.07) is 3.33. The van der Waals surface area contributed by atoms with Gasteiger partial charge < -0.3 is 21.1 Å². The Labute approximate surface area is 173 Å². The number of nitrogens with zero attached hydrogens (tertiary/aromatic N) is 1. The third-order valence-electron chi connectivity index (χ3n) is 5.87. The zero-order valence-electron chi connectivity index (χ0n) is 17.2. The third-order valence-corrected chi connectivity index (χ3v) is 5.87. The highest BCUT2D eigenvalue weighted by Crippen LogP contribution is 2.20. The van der Waals surface area contributed by atoms with E-state index < -0.39 is 12.0 Å². The molecule has 7 nitrogen and oxygen atoms in total. The molecule has 4 N–H and O–H groups in total. The first-order chi connectivity index (χ1) is 14.1. The van der Waals surface area contributed by atoms with E-state index in [4.69, 9.17) is 4.98 Å². The Balaban J connectivity index is 1.28. The van der Waals surface area contributed by atoms with Crippen LogP contribution in [-0.4, -0.2) is 47.1 Å². The number of anilines is 1. The minimum Gasteiger partial charge on any atom is -0.480 e. The molecule has 0 radical (unpaired) electrons. The average molecular weight is 403 g/mol. The normalized spacial score (nSPS) is 19.2. The summed E-state index contributed by atoms with van der Waals surface area (Å²) in [5, 5.41) is 18.5. The van der Waals surface area contributed by atoms with Crippen molar-refractivity contribution in [3.05, 3.63) is 23.4 Å². The van der Waals surface area contributed by atoms with Gasteiger partial charge in [0.2, 0.25) is 5.91 Å². The number of aliphatic carboxylic acids is 1. The van der Waals surface area contributed by atoms with Gasteiger partial charge in [-0.1, -0.05) is 31.7 Å². The lowest BCUT2D eigenvalue weighted by atomic mass is 10.0. The summed E-state index contributed by atoms with van der Waals surface area (Å²) in [6.45, 7) is 1.84. The van der Waals surface area contributed by atoms with E-state index in [1.54, 1.807) is 0 Å². The van der Waals surface area contributed by atoms with Gasteiger partial charge in [0, 0.05) is 12.2 Å². The lowest BCUT2D eigenvalue weighted by Gasteiger charge is -2.17. The molecular weight excluding hydrogens is 368 g/mol. The van der Waals surface area contributed by atoms with Crippen molar-refractivity contribution >= 4 is 17.7 Å². The molecule has 1 saturated heterocycles. The fourth-order valence-electron chi connectivity index (χ4n) is 4.13. The summed E-state index contributed by atoms with van der Waals surface area (Å²) in [7, 11) is 0. The molecule has 1 unspecified atom stereocenters. The van der Waals surface area contributed by atoms with Crippen LogP contribution in [0.3, 0.4) is 0 Å². The number of carbonyl (C=O) groups excluding carboxylic acids is 1. The first-order valence-corrected chi connectivity index (χ1v) is 11.1. The fraction of sp³-hybridized carbons (Fsp3) is 0.682. The zero-order chi connectivity index (χ0) is 20.5. The second-order valence-corrected chi connectivity index (χ2v) is 8.20. The van der Waals surface area contributed by atoms with Crippen molar-refractivity contribution in [2.45, 2.75) is 82.7 Å². The Bertz CT molecular complexity index is 689. The van der Waals surface area contributed by atoms with E-state index >= 15 is 0 Å². The summed E-state index contributed by atoms with van der Waals surface area (Å²) in [5.74, 6) is -0.0614. The first-order valence-electron chi connectivity index (χ1n) is 11.1. The summed E-state index contributed by atoms with van der Waals surface area (Å²) in [5.41, 5.74) is 2.47. The van der Waals surface area contributed by atoms with Crippen molar-refractivity contribution in [1.29, 1.82) is 0 Å². The number of nitrogens with one attached hydrogen (secondary N) is 3. The van der Waals surface area contributed by atoms with E-state index in [2.05, 4.69) is 28.1 Å². The average Bonchev–Trinajstić information content (AvgIpc) is 3.27. The van der Waals surface area contributed by atoms with E-state index in [1.165, 1.54) is 12.0 Å². The lowest BCUT2D eigenvalue weighted by molar-refractivity contribution is -0.142. The second-order valence-electron chi connectivity index (χ2n) is 8.20. The lowest BCUT2D eigenvalue weighted by Crippen LogP contribution is -2.48. The van der Waals surface area contributed by atoms with E-state index in [9.17, 15) is 14.7 Å². The number of aryl methyl sites for hydroxylation is 2. The Morgan fingerprint density at radius 1 is 1.14 bits per heavy atom. The molecule has 29 heavy (non-hydrogen) atoms. The molecule has 2 aliphatic rings. The van der Waals surface area contributed by atoms with Gasteiger partial charge in [-0.15, -0.1) is 0 Å². The molecule has 160 valence electrons. The van der Waals surface area contributed by atoms with Gasteiger partial charge >= 0.3 is 5.97 Å². The predicted octanol–water partition coefficient (Wildman–Crippen LogP) is 2.64. The molecule has 1 amide bonds. The molecule has 0 spiro atoms. The molecule has 2 atom stereocenters. The van der Waals surface area contributed by atoms with Gasteiger partial charge in [0.25, 0.3) is 0 Å². The molecule has 7 heteroatoms. The van der Waals surface area contributed by atoms with E-state index in [0.29, 0.717) is 6.42 Å². The van der Waals surface area contributed by atoms with Gasteiger partial charge in [0.1, 0.15) is 11.9 Å². The van der Waals surface area contributed by atoms with Crippen LogP contribution in [0.15, 0.2) is 12.1 Å². The molecule has 3 rings (SSSR count). The summed E-state index contributed by atoms with van der Waals surface area (Å²) < 4.78 is 0. The maximum absolute atomic E-state index is 12.1. The highest BCUT2D eigenvalue weighted by Gasteiger charge is 2.26. The van der Waals surface area contributed by atoms with Crippen LogP contribution < -0.4 is 16.0 Å². The van der Waals surface area contributed by atoms with Gasteiger partial charge in [0.15, 0.2) is 0 Å². The Hall–Kier alpha value is -2.15. The summed E-state index contributed by atoms with van der Waals surface area (Å²) in [4.78, 5) is 28.3. The SMILES string of the molecule is O=C(O)C(CCCCCCCc1ccc2c(n1)NCCC2)NC(=O)[C@@H]1CCCN1. The van der Waals surface area contributed by atoms with Crippen LogP contribution >= 0.6 is 0 Å². The number of carboxylic acids is 1. The Kier molecular flexibility index (Phi) is 8.28. The van der Waals surface area contributed by atoms with Crippen LogP contribution in [0.4, 0.5) is 5.82 Å². The molecule has 3 heterocycles. The van der Waals surface area contributed by atoms with Crippen molar-refractivity contribution in [3.63, 3.8) is 0 Å². The van der Waals surface area contributed by atoms with Gasteiger partial charge in [-0.25, -0.2) is 9.78 Å². The molecule has 1 aromatic heterocycles. The van der Waals surface area contributed by atoms with Crippen LogP contribution in [0.2, 0.25) is 0 Å². The highest BCUT2D eigenvalue weighted by molar-refractivity contribution is 5.87. The third kappa shape index (κ3) is 6.70. The monoisotopic (exact) mass is 402 g/mol. The van der Waals surface area contributed by atoms with Crippen molar-refractivity contribution in [2.24, 2.45) is 0 Å². The van der Waals surface area contributed by atoms with E-state index in [0.717, 1.165) is 82.4 Å². The summed E-state index contributed by atoms with van der Waals surface area (Å²) >= 11 is 0. The van der Waals surface area contributed by atoms with Crippen molar-refractivity contribution in [3.8, 4) is 0 Å². The predicted molar refractivity (Wildman–Crippen MR) is 113 cm³/mol. The van der Waals surface area contributed by atoms with Crippen molar-refractivity contribution in [1.82, 2.24) is 15.6 Å². The van der Waals surface area contributed by atoms with Gasteiger partial charge in [0.05, 0.1) is 6.04 Å². The number of rotatable bonds is 11. The van der Waals surface area contributed by atoms with Crippen molar-refractivity contribution < 1.29 is 14.7 Å². The summed E-state index contributed by atoms with van der Waals surface area (Å²) in [6.07, 6.45) is 10.6. The highest BCUT2D eigenvalue weighted by atomic mass is 16.4.